The van der Waals surface area contributed by atoms with E-state index in [0.29, 0.717) is 11.3 Å². The summed E-state index contributed by atoms with van der Waals surface area (Å²) < 4.78 is 15.4. The first-order valence-corrected chi connectivity index (χ1v) is 7.44. The predicted molar refractivity (Wildman–Crippen MR) is 90.9 cm³/mol. The number of anilines is 1. The van der Waals surface area contributed by atoms with Crippen molar-refractivity contribution in [3.63, 3.8) is 0 Å². The summed E-state index contributed by atoms with van der Waals surface area (Å²) in [7, 11) is 4.12. The highest BCUT2D eigenvalue weighted by Gasteiger charge is 2.17. The van der Waals surface area contributed by atoms with Crippen molar-refractivity contribution in [3.05, 3.63) is 51.6 Å². The molecule has 0 saturated heterocycles. The number of nitro groups is 1. The smallest absolute Gasteiger partial charge is 0.273 e. The number of hydrogen-bond acceptors (Lipinski definition) is 8. The van der Waals surface area contributed by atoms with E-state index in [9.17, 15) is 20.0 Å². The van der Waals surface area contributed by atoms with E-state index >= 15 is 0 Å². The van der Waals surface area contributed by atoms with Gasteiger partial charge in [-0.3, -0.25) is 10.1 Å². The summed E-state index contributed by atoms with van der Waals surface area (Å²) in [4.78, 5) is 21.9. The molecule has 26 heavy (non-hydrogen) atoms. The zero-order valence-electron chi connectivity index (χ0n) is 14.4. The molecule has 1 N–H and O–H groups in total. The highest BCUT2D eigenvalue weighted by Crippen LogP contribution is 2.34. The Kier molecular flexibility index (Phi) is 5.84. The first-order valence-electron chi connectivity index (χ1n) is 7.44. The van der Waals surface area contributed by atoms with Gasteiger partial charge in [-0.25, -0.2) is 0 Å². The van der Waals surface area contributed by atoms with Crippen LogP contribution in [0, 0.1) is 10.1 Å². The minimum absolute atomic E-state index is 0.0578. The van der Waals surface area contributed by atoms with E-state index in [1.165, 1.54) is 39.5 Å². The molecule has 2 aromatic carbocycles. The molecule has 0 aliphatic rings. The molecular weight excluding hydrogens is 344 g/mol. The van der Waals surface area contributed by atoms with Gasteiger partial charge in [0.15, 0.2) is 11.5 Å². The Morgan fingerprint density at radius 1 is 1.08 bits per heavy atom. The lowest BCUT2D eigenvalue weighted by Gasteiger charge is -2.18. The van der Waals surface area contributed by atoms with Gasteiger partial charge in [-0.05, 0) is 17.7 Å². The quantitative estimate of drug-likeness (QED) is 0.555. The van der Waals surface area contributed by atoms with Crippen LogP contribution in [-0.2, 0) is 6.54 Å². The van der Waals surface area contributed by atoms with Crippen molar-refractivity contribution >= 4 is 17.3 Å². The molecule has 0 unspecified atom stereocenters. The second-order valence-corrected chi connectivity index (χ2v) is 5.12. The third-order valence-corrected chi connectivity index (χ3v) is 3.70. The number of carboxylic acids is 1. The minimum Gasteiger partial charge on any atom is -0.545 e. The van der Waals surface area contributed by atoms with Gasteiger partial charge in [-0.2, -0.15) is 0 Å². The van der Waals surface area contributed by atoms with Crippen LogP contribution in [0.1, 0.15) is 15.9 Å². The van der Waals surface area contributed by atoms with E-state index in [0.717, 1.165) is 0 Å². The van der Waals surface area contributed by atoms with E-state index in [4.69, 9.17) is 14.2 Å². The molecule has 0 saturated carbocycles. The monoisotopic (exact) mass is 361 g/mol. The normalized spacial score (nSPS) is 10.1. The van der Waals surface area contributed by atoms with Gasteiger partial charge in [0.1, 0.15) is 5.75 Å². The molecule has 0 aromatic heterocycles. The maximum atomic E-state index is 11.5. The lowest BCUT2D eigenvalue weighted by Crippen LogP contribution is -2.25. The maximum Gasteiger partial charge on any atom is 0.273 e. The van der Waals surface area contributed by atoms with Crippen LogP contribution >= 0.6 is 0 Å². The lowest BCUT2D eigenvalue weighted by molar-refractivity contribution is -0.384. The molecule has 0 amide bonds. The molecule has 0 radical (unpaired) electrons. The third-order valence-electron chi connectivity index (χ3n) is 3.70. The molecule has 2 aromatic rings. The number of aromatic carboxylic acids is 1. The molecule has 0 atom stereocenters. The number of nitrogens with zero attached hydrogens (tertiary/aromatic N) is 1. The number of carbonyl (C=O) groups excluding carboxylic acids is 1. The average molecular weight is 361 g/mol. The Bertz CT molecular complexity index is 836. The molecule has 9 nitrogen and oxygen atoms in total. The van der Waals surface area contributed by atoms with Crippen molar-refractivity contribution in [3.8, 4) is 17.2 Å². The van der Waals surface area contributed by atoms with Crippen LogP contribution in [0.3, 0.4) is 0 Å². The van der Waals surface area contributed by atoms with Crippen LogP contribution in [0.15, 0.2) is 30.3 Å². The van der Waals surface area contributed by atoms with Crippen LogP contribution in [0.2, 0.25) is 0 Å². The molecular formula is C17H17N2O7-. The summed E-state index contributed by atoms with van der Waals surface area (Å²) in [6.45, 7) is 0.0951. The van der Waals surface area contributed by atoms with Crippen LogP contribution in [-0.4, -0.2) is 32.2 Å². The lowest BCUT2D eigenvalue weighted by atomic mass is 10.1. The van der Waals surface area contributed by atoms with Gasteiger partial charge in [-0.15, -0.1) is 0 Å². The van der Waals surface area contributed by atoms with Crippen molar-refractivity contribution in [2.75, 3.05) is 26.6 Å². The van der Waals surface area contributed by atoms with E-state index in [2.05, 4.69) is 5.32 Å². The molecule has 2 rings (SSSR count). The van der Waals surface area contributed by atoms with Gasteiger partial charge in [0.05, 0.1) is 44.0 Å². The minimum atomic E-state index is -1.41. The van der Waals surface area contributed by atoms with Crippen molar-refractivity contribution in [1.29, 1.82) is 0 Å². The number of non-ortho nitro benzene ring substituents is 1. The Morgan fingerprint density at radius 3 is 2.31 bits per heavy atom. The number of benzene rings is 2. The summed E-state index contributed by atoms with van der Waals surface area (Å²) in [5, 5.41) is 25.4. The molecule has 0 fully saturated rings. The fraction of sp³-hybridized carbons (Fsp3) is 0.235. The third kappa shape index (κ3) is 3.77. The summed E-state index contributed by atoms with van der Waals surface area (Å²) in [6, 6.07) is 7.22. The standard InChI is InChI=1S/C17H18N2O7/c1-24-13-7-4-10(15(17(20)21)16(13)26-3)9-18-12-6-5-11(19(22)23)8-14(12)25-2/h4-8,18H,9H2,1-3H3,(H,20,21)/p-1. The molecule has 0 spiro atoms. The van der Waals surface area contributed by atoms with Crippen molar-refractivity contribution < 1.29 is 29.0 Å². The van der Waals surface area contributed by atoms with E-state index in [-0.39, 0.29) is 35.0 Å². The van der Waals surface area contributed by atoms with Crippen LogP contribution in [0.5, 0.6) is 17.2 Å². The van der Waals surface area contributed by atoms with Gasteiger partial charge in [0.2, 0.25) is 0 Å². The number of methoxy groups -OCH3 is 3. The fourth-order valence-corrected chi connectivity index (χ4v) is 2.47. The highest BCUT2D eigenvalue weighted by atomic mass is 16.6. The summed E-state index contributed by atoms with van der Waals surface area (Å²) in [6.07, 6.45) is 0. The van der Waals surface area contributed by atoms with Crippen molar-refractivity contribution in [2.24, 2.45) is 0 Å². The zero-order valence-corrected chi connectivity index (χ0v) is 14.4. The Morgan fingerprint density at radius 2 is 1.77 bits per heavy atom. The van der Waals surface area contributed by atoms with Gasteiger partial charge in [0, 0.05) is 18.2 Å². The summed E-state index contributed by atoms with van der Waals surface area (Å²) >= 11 is 0. The fourth-order valence-electron chi connectivity index (χ4n) is 2.47. The van der Waals surface area contributed by atoms with Crippen LogP contribution in [0.4, 0.5) is 11.4 Å². The SMILES string of the molecule is COc1cc([N+](=O)[O-])ccc1NCc1ccc(OC)c(OC)c1C(=O)[O-]. The largest absolute Gasteiger partial charge is 0.545 e. The zero-order chi connectivity index (χ0) is 19.3. The van der Waals surface area contributed by atoms with Gasteiger partial charge in [0.25, 0.3) is 5.69 Å². The first kappa shape index (κ1) is 18.8. The van der Waals surface area contributed by atoms with Crippen LogP contribution in [0.25, 0.3) is 0 Å². The summed E-state index contributed by atoms with van der Waals surface area (Å²) in [5.41, 5.74) is 0.606. The second kappa shape index (κ2) is 8.06. The maximum absolute atomic E-state index is 11.5. The average Bonchev–Trinajstić information content (AvgIpc) is 2.64. The number of carbonyl (C=O) groups is 1. The predicted octanol–water partition coefficient (Wildman–Crippen LogP) is 1.60. The van der Waals surface area contributed by atoms with Crippen molar-refractivity contribution in [2.45, 2.75) is 6.54 Å². The van der Waals surface area contributed by atoms with Crippen LogP contribution < -0.4 is 24.6 Å². The molecule has 138 valence electrons. The number of hydrogen-bond donors (Lipinski definition) is 1. The Hall–Kier alpha value is -3.49. The van der Waals surface area contributed by atoms with Gasteiger partial charge in [-0.1, -0.05) is 6.07 Å². The van der Waals surface area contributed by atoms with Gasteiger partial charge >= 0.3 is 0 Å². The molecule has 0 heterocycles. The molecule has 0 bridgehead atoms. The highest BCUT2D eigenvalue weighted by molar-refractivity contribution is 5.92. The van der Waals surface area contributed by atoms with E-state index in [1.807, 2.05) is 0 Å². The number of nitro benzene ring substituents is 1. The number of ether oxygens (including phenoxy) is 3. The summed E-state index contributed by atoms with van der Waals surface area (Å²) in [5.74, 6) is -0.825. The van der Waals surface area contributed by atoms with Gasteiger partial charge < -0.3 is 29.4 Å². The Labute approximate surface area is 149 Å². The number of nitrogens with one attached hydrogen (secondary N) is 1. The topological polar surface area (TPSA) is 123 Å². The number of rotatable bonds is 8. The number of carboxylic acid groups (broad SMARTS) is 1. The molecule has 9 heteroatoms. The van der Waals surface area contributed by atoms with E-state index < -0.39 is 10.9 Å². The van der Waals surface area contributed by atoms with Crippen molar-refractivity contribution in [1.82, 2.24) is 0 Å². The first-order chi connectivity index (χ1) is 12.4. The molecule has 0 aliphatic heterocycles. The van der Waals surface area contributed by atoms with E-state index in [1.54, 1.807) is 12.1 Å². The second-order valence-electron chi connectivity index (χ2n) is 5.12. The Balaban J connectivity index is 2.35. The molecule has 0 aliphatic carbocycles.